The summed E-state index contributed by atoms with van der Waals surface area (Å²) in [5.74, 6) is 0.680. The van der Waals surface area contributed by atoms with Crippen LogP contribution in [0.4, 0.5) is 0 Å². The second kappa shape index (κ2) is 6.47. The Morgan fingerprint density at radius 3 is 1.95 bits per heavy atom. The highest BCUT2D eigenvalue weighted by Crippen LogP contribution is 2.42. The van der Waals surface area contributed by atoms with Crippen LogP contribution in [-0.2, 0) is 4.74 Å². The van der Waals surface area contributed by atoms with Crippen LogP contribution in [0.5, 0.6) is 0 Å². The third-order valence-corrected chi connectivity index (χ3v) is 5.10. The van der Waals surface area contributed by atoms with Crippen LogP contribution in [-0.4, -0.2) is 12.0 Å². The van der Waals surface area contributed by atoms with E-state index in [4.69, 9.17) is 4.74 Å². The third-order valence-electron chi connectivity index (χ3n) is 3.65. The summed E-state index contributed by atoms with van der Waals surface area (Å²) in [6.45, 7) is 3.16. The first-order chi connectivity index (χ1) is 9.83. The summed E-state index contributed by atoms with van der Waals surface area (Å²) < 4.78 is 5.90. The molecule has 1 heterocycles. The molecule has 0 radical (unpaired) electrons. The van der Waals surface area contributed by atoms with Gasteiger partial charge in [0.25, 0.3) is 0 Å². The smallest absolute Gasteiger partial charge is 0.104 e. The number of rotatable bonds is 4. The van der Waals surface area contributed by atoms with Gasteiger partial charge in [0.05, 0.1) is 11.9 Å². The molecular formula is C18H20OS. The summed E-state index contributed by atoms with van der Waals surface area (Å²) in [7, 11) is 0. The van der Waals surface area contributed by atoms with Gasteiger partial charge in [0.15, 0.2) is 0 Å². The third kappa shape index (κ3) is 3.25. The van der Waals surface area contributed by atoms with Crippen molar-refractivity contribution in [2.75, 3.05) is 6.61 Å². The molecule has 20 heavy (non-hydrogen) atoms. The molecule has 0 amide bonds. The molecule has 2 aromatic carbocycles. The number of thioether (sulfide) groups is 1. The molecule has 0 spiro atoms. The summed E-state index contributed by atoms with van der Waals surface area (Å²) >= 11 is 1.94. The topological polar surface area (TPSA) is 9.23 Å². The van der Waals surface area contributed by atoms with Crippen molar-refractivity contribution < 1.29 is 4.74 Å². The Morgan fingerprint density at radius 2 is 1.50 bits per heavy atom. The molecule has 1 unspecified atom stereocenters. The lowest BCUT2D eigenvalue weighted by Gasteiger charge is -2.21. The largest absolute Gasteiger partial charge is 0.367 e. The van der Waals surface area contributed by atoms with Crippen molar-refractivity contribution >= 4 is 11.8 Å². The number of benzene rings is 2. The van der Waals surface area contributed by atoms with Gasteiger partial charge in [-0.2, -0.15) is 0 Å². The molecule has 0 aromatic heterocycles. The van der Waals surface area contributed by atoms with Crippen LogP contribution in [0.2, 0.25) is 0 Å². The highest BCUT2D eigenvalue weighted by atomic mass is 32.2. The van der Waals surface area contributed by atoms with Crippen LogP contribution < -0.4 is 0 Å². The Labute approximate surface area is 125 Å². The number of hydrogen-bond acceptors (Lipinski definition) is 2. The van der Waals surface area contributed by atoms with Crippen LogP contribution >= 0.6 is 11.8 Å². The number of ether oxygens (including phenoxy) is 1. The average Bonchev–Trinajstić information content (AvgIpc) is 2.92. The van der Waals surface area contributed by atoms with Crippen LogP contribution in [0.3, 0.4) is 0 Å². The van der Waals surface area contributed by atoms with Gasteiger partial charge in [-0.25, -0.2) is 0 Å². The van der Waals surface area contributed by atoms with Crippen molar-refractivity contribution in [1.82, 2.24) is 0 Å². The molecule has 2 aromatic rings. The standard InChI is InChI=1S/C18H20OS/c1-14-12-17(19-13-14)20-18(15-8-4-2-5-9-15)16-10-6-3-7-11-16/h2-11,14,17-18H,12-13H2,1H3/t14-,17?/m1/s1. The normalized spacial score (nSPS) is 22.3. The lowest BCUT2D eigenvalue weighted by Crippen LogP contribution is -2.05. The predicted octanol–water partition coefficient (Wildman–Crippen LogP) is 4.89. The average molecular weight is 284 g/mol. The molecule has 2 atom stereocenters. The van der Waals surface area contributed by atoms with Crippen LogP contribution in [0, 0.1) is 5.92 Å². The Balaban J connectivity index is 1.84. The monoisotopic (exact) mass is 284 g/mol. The molecule has 1 aliphatic rings. The Morgan fingerprint density at radius 1 is 0.950 bits per heavy atom. The molecule has 1 aliphatic heterocycles. The zero-order valence-electron chi connectivity index (χ0n) is 11.7. The van der Waals surface area contributed by atoms with E-state index in [1.165, 1.54) is 11.1 Å². The highest BCUT2D eigenvalue weighted by molar-refractivity contribution is 8.00. The lowest BCUT2D eigenvalue weighted by molar-refractivity contribution is 0.166. The minimum atomic E-state index is 0.315. The molecule has 0 saturated carbocycles. The molecule has 1 fully saturated rings. The van der Waals surface area contributed by atoms with E-state index in [0.29, 0.717) is 16.6 Å². The maximum absolute atomic E-state index is 5.90. The minimum absolute atomic E-state index is 0.315. The molecule has 104 valence electrons. The molecule has 2 heteroatoms. The van der Waals surface area contributed by atoms with E-state index in [1.54, 1.807) is 0 Å². The first kappa shape index (κ1) is 13.7. The van der Waals surface area contributed by atoms with Gasteiger partial charge in [-0.1, -0.05) is 67.6 Å². The summed E-state index contributed by atoms with van der Waals surface area (Å²) in [5, 5.41) is 0.354. The van der Waals surface area contributed by atoms with Crippen LogP contribution in [0.15, 0.2) is 60.7 Å². The van der Waals surface area contributed by atoms with Crippen molar-refractivity contribution in [2.24, 2.45) is 5.92 Å². The van der Waals surface area contributed by atoms with Crippen LogP contribution in [0.1, 0.15) is 29.7 Å². The van der Waals surface area contributed by atoms with Crippen molar-refractivity contribution in [3.8, 4) is 0 Å². The molecule has 0 bridgehead atoms. The fraction of sp³-hybridized carbons (Fsp3) is 0.333. The van der Waals surface area contributed by atoms with E-state index in [9.17, 15) is 0 Å². The zero-order valence-corrected chi connectivity index (χ0v) is 12.6. The maximum atomic E-state index is 5.90. The van der Waals surface area contributed by atoms with Gasteiger partial charge in [-0.3, -0.25) is 0 Å². The molecule has 0 N–H and O–H groups in total. The van der Waals surface area contributed by atoms with Crippen molar-refractivity contribution in [3.63, 3.8) is 0 Å². The first-order valence-corrected chi connectivity index (χ1v) is 8.14. The fourth-order valence-corrected chi connectivity index (χ4v) is 4.12. The van der Waals surface area contributed by atoms with Crippen molar-refractivity contribution in [3.05, 3.63) is 71.8 Å². The minimum Gasteiger partial charge on any atom is -0.367 e. The second-order valence-corrected chi connectivity index (χ2v) is 6.71. The van der Waals surface area contributed by atoms with E-state index in [1.807, 2.05) is 11.8 Å². The first-order valence-electron chi connectivity index (χ1n) is 7.20. The van der Waals surface area contributed by atoms with E-state index < -0.39 is 0 Å². The second-order valence-electron chi connectivity index (χ2n) is 5.44. The molecule has 0 aliphatic carbocycles. The Bertz CT molecular complexity index is 486. The van der Waals surface area contributed by atoms with Gasteiger partial charge in [0, 0.05) is 0 Å². The SMILES string of the molecule is C[C@H]1COC(SC(c2ccccc2)c2ccccc2)C1. The molecule has 1 saturated heterocycles. The van der Waals surface area contributed by atoms with Crippen molar-refractivity contribution in [2.45, 2.75) is 24.0 Å². The van der Waals surface area contributed by atoms with Crippen molar-refractivity contribution in [1.29, 1.82) is 0 Å². The molecule has 1 nitrogen and oxygen atoms in total. The maximum Gasteiger partial charge on any atom is 0.104 e. The summed E-state index contributed by atoms with van der Waals surface area (Å²) in [4.78, 5) is 0. The Kier molecular flexibility index (Phi) is 4.44. The summed E-state index contributed by atoms with van der Waals surface area (Å²) in [6.07, 6.45) is 1.15. The van der Waals surface area contributed by atoms with Crippen LogP contribution in [0.25, 0.3) is 0 Å². The van der Waals surface area contributed by atoms with Gasteiger partial charge in [-0.05, 0) is 23.5 Å². The quantitative estimate of drug-likeness (QED) is 0.790. The molecular weight excluding hydrogens is 264 g/mol. The summed E-state index contributed by atoms with van der Waals surface area (Å²) in [6, 6.07) is 21.5. The number of hydrogen-bond donors (Lipinski definition) is 0. The lowest BCUT2D eigenvalue weighted by atomic mass is 10.0. The van der Waals surface area contributed by atoms with E-state index in [0.717, 1.165) is 13.0 Å². The van der Waals surface area contributed by atoms with E-state index in [-0.39, 0.29) is 0 Å². The van der Waals surface area contributed by atoms with E-state index in [2.05, 4.69) is 67.6 Å². The highest BCUT2D eigenvalue weighted by Gasteiger charge is 2.27. The zero-order chi connectivity index (χ0) is 13.8. The van der Waals surface area contributed by atoms with Gasteiger partial charge < -0.3 is 4.74 Å². The Hall–Kier alpha value is -1.25. The van der Waals surface area contributed by atoms with Gasteiger partial charge in [0.1, 0.15) is 5.44 Å². The summed E-state index contributed by atoms with van der Waals surface area (Å²) in [5.41, 5.74) is 3.02. The van der Waals surface area contributed by atoms with Gasteiger partial charge >= 0.3 is 0 Å². The van der Waals surface area contributed by atoms with Gasteiger partial charge in [0.2, 0.25) is 0 Å². The molecule has 3 rings (SSSR count). The van der Waals surface area contributed by atoms with Gasteiger partial charge in [-0.15, -0.1) is 11.8 Å². The predicted molar refractivity (Wildman–Crippen MR) is 85.8 cm³/mol. The van der Waals surface area contributed by atoms with E-state index >= 15 is 0 Å². The fourth-order valence-electron chi connectivity index (χ4n) is 2.59.